The first-order chi connectivity index (χ1) is 12.0. The van der Waals surface area contributed by atoms with Crippen LogP contribution in [0.25, 0.3) is 0 Å². The molecule has 1 saturated heterocycles. The van der Waals surface area contributed by atoms with Gasteiger partial charge in [0.05, 0.1) is 6.54 Å². The van der Waals surface area contributed by atoms with Gasteiger partial charge in [-0.25, -0.2) is 4.39 Å². The standard InChI is InChI=1S/C19H25FN2O3/c1-21(12-18(23)24)15-3-2-9-22(10-8-15)19(25)17-11-16(17)13-4-6-14(20)7-5-13/h4-7,15-17H,2-3,8-12H2,1H3,(H,23,24). The topological polar surface area (TPSA) is 60.9 Å². The lowest BCUT2D eigenvalue weighted by atomic mass is 10.1. The van der Waals surface area contributed by atoms with E-state index in [1.807, 2.05) is 16.8 Å². The third-order valence-corrected chi connectivity index (χ3v) is 5.42. The predicted molar refractivity (Wildman–Crippen MR) is 91.7 cm³/mol. The van der Waals surface area contributed by atoms with Crippen molar-refractivity contribution in [2.24, 2.45) is 5.92 Å². The molecule has 2 fully saturated rings. The van der Waals surface area contributed by atoms with Gasteiger partial charge in [0.1, 0.15) is 5.82 Å². The van der Waals surface area contributed by atoms with Crippen LogP contribution in [0, 0.1) is 11.7 Å². The molecule has 1 saturated carbocycles. The smallest absolute Gasteiger partial charge is 0.317 e. The lowest BCUT2D eigenvalue weighted by molar-refractivity contribution is -0.138. The van der Waals surface area contributed by atoms with Crippen molar-refractivity contribution in [1.29, 1.82) is 0 Å². The minimum Gasteiger partial charge on any atom is -0.480 e. The van der Waals surface area contributed by atoms with Crippen LogP contribution in [0.15, 0.2) is 24.3 Å². The molecule has 3 rings (SSSR count). The third kappa shape index (κ3) is 4.37. The molecule has 3 unspecified atom stereocenters. The highest BCUT2D eigenvalue weighted by atomic mass is 19.1. The van der Waals surface area contributed by atoms with Crippen LogP contribution in [0.5, 0.6) is 0 Å². The van der Waals surface area contributed by atoms with E-state index in [1.165, 1.54) is 12.1 Å². The number of hydrogen-bond acceptors (Lipinski definition) is 3. The van der Waals surface area contributed by atoms with E-state index in [4.69, 9.17) is 5.11 Å². The summed E-state index contributed by atoms with van der Waals surface area (Å²) < 4.78 is 13.0. The summed E-state index contributed by atoms with van der Waals surface area (Å²) in [6.45, 7) is 1.46. The molecular formula is C19H25FN2O3. The minimum absolute atomic E-state index is 0.0127. The molecule has 0 bridgehead atoms. The molecule has 1 N–H and O–H groups in total. The number of amides is 1. The second kappa shape index (κ2) is 7.52. The summed E-state index contributed by atoms with van der Waals surface area (Å²) in [5, 5.41) is 8.93. The number of hydrogen-bond donors (Lipinski definition) is 1. The van der Waals surface area contributed by atoms with Gasteiger partial charge in [0.25, 0.3) is 0 Å². The first-order valence-corrected chi connectivity index (χ1v) is 8.92. The monoisotopic (exact) mass is 348 g/mol. The number of rotatable bonds is 5. The number of benzene rings is 1. The maximum atomic E-state index is 13.0. The van der Waals surface area contributed by atoms with Crippen molar-refractivity contribution in [2.75, 3.05) is 26.7 Å². The summed E-state index contributed by atoms with van der Waals surface area (Å²) >= 11 is 0. The Morgan fingerprint density at radius 1 is 1.24 bits per heavy atom. The maximum Gasteiger partial charge on any atom is 0.317 e. The zero-order chi connectivity index (χ0) is 18.0. The van der Waals surface area contributed by atoms with Crippen LogP contribution in [0.4, 0.5) is 4.39 Å². The number of aliphatic carboxylic acids is 1. The molecule has 5 nitrogen and oxygen atoms in total. The lowest BCUT2D eigenvalue weighted by Gasteiger charge is -2.25. The molecule has 6 heteroatoms. The average Bonchev–Trinajstić information content (AvgIpc) is 3.38. The van der Waals surface area contributed by atoms with Crippen LogP contribution in [0.2, 0.25) is 0 Å². The van der Waals surface area contributed by atoms with Gasteiger partial charge in [0.15, 0.2) is 0 Å². The largest absolute Gasteiger partial charge is 0.480 e. The first-order valence-electron chi connectivity index (χ1n) is 8.92. The molecule has 0 radical (unpaired) electrons. The van der Waals surface area contributed by atoms with Crippen LogP contribution in [0.1, 0.15) is 37.2 Å². The molecular weight excluding hydrogens is 323 g/mol. The lowest BCUT2D eigenvalue weighted by Crippen LogP contribution is -2.37. The van der Waals surface area contributed by atoms with Crippen LogP contribution < -0.4 is 0 Å². The summed E-state index contributed by atoms with van der Waals surface area (Å²) in [6, 6.07) is 6.65. The number of likely N-dealkylation sites (N-methyl/N-ethyl adjacent to an activating group) is 1. The van der Waals surface area contributed by atoms with Crippen molar-refractivity contribution < 1.29 is 19.1 Å². The average molecular weight is 348 g/mol. The number of carbonyl (C=O) groups excluding carboxylic acids is 1. The van der Waals surface area contributed by atoms with Crippen LogP contribution >= 0.6 is 0 Å². The van der Waals surface area contributed by atoms with Gasteiger partial charge in [0.2, 0.25) is 5.91 Å². The van der Waals surface area contributed by atoms with Crippen molar-refractivity contribution in [3.05, 3.63) is 35.6 Å². The number of carboxylic acids is 1. The van der Waals surface area contributed by atoms with E-state index in [1.54, 1.807) is 12.1 Å². The summed E-state index contributed by atoms with van der Waals surface area (Å²) in [5.74, 6) is -0.660. The molecule has 2 aliphatic rings. The number of carboxylic acid groups (broad SMARTS) is 1. The first kappa shape index (κ1) is 17.9. The van der Waals surface area contributed by atoms with Gasteiger partial charge in [-0.2, -0.15) is 0 Å². The fraction of sp³-hybridized carbons (Fsp3) is 0.579. The summed E-state index contributed by atoms with van der Waals surface area (Å²) in [5.41, 5.74) is 1.04. The molecule has 1 aliphatic heterocycles. The minimum atomic E-state index is -0.820. The Hall–Kier alpha value is -1.95. The highest BCUT2D eigenvalue weighted by Crippen LogP contribution is 2.48. The second-order valence-corrected chi connectivity index (χ2v) is 7.22. The highest BCUT2D eigenvalue weighted by Gasteiger charge is 2.45. The van der Waals surface area contributed by atoms with Gasteiger partial charge in [0, 0.05) is 25.0 Å². The molecule has 136 valence electrons. The number of halogens is 1. The van der Waals surface area contributed by atoms with Crippen molar-refractivity contribution in [3.63, 3.8) is 0 Å². The van der Waals surface area contributed by atoms with Gasteiger partial charge in [-0.05, 0) is 56.3 Å². The zero-order valence-corrected chi connectivity index (χ0v) is 14.5. The normalized spacial score (nSPS) is 26.4. The molecule has 1 amide bonds. The van der Waals surface area contributed by atoms with E-state index < -0.39 is 5.97 Å². The summed E-state index contributed by atoms with van der Waals surface area (Å²) in [6.07, 6.45) is 3.46. The fourth-order valence-electron chi connectivity index (χ4n) is 3.86. The Morgan fingerprint density at radius 2 is 1.96 bits per heavy atom. The van der Waals surface area contributed by atoms with Gasteiger partial charge < -0.3 is 10.0 Å². The number of carbonyl (C=O) groups is 2. The molecule has 1 heterocycles. The van der Waals surface area contributed by atoms with E-state index in [-0.39, 0.29) is 36.1 Å². The molecule has 1 aromatic rings. The van der Waals surface area contributed by atoms with Gasteiger partial charge in [-0.1, -0.05) is 12.1 Å². The molecule has 0 spiro atoms. The zero-order valence-electron chi connectivity index (χ0n) is 14.5. The molecule has 1 aliphatic carbocycles. The Balaban J connectivity index is 1.54. The fourth-order valence-corrected chi connectivity index (χ4v) is 3.86. The number of likely N-dealkylation sites (tertiary alicyclic amines) is 1. The highest BCUT2D eigenvalue weighted by molar-refractivity contribution is 5.83. The second-order valence-electron chi connectivity index (χ2n) is 7.22. The predicted octanol–water partition coefficient (Wildman–Crippen LogP) is 2.33. The molecule has 1 aromatic carbocycles. The molecule has 25 heavy (non-hydrogen) atoms. The molecule has 3 atom stereocenters. The Bertz CT molecular complexity index is 634. The van der Waals surface area contributed by atoms with E-state index in [0.29, 0.717) is 6.54 Å². The van der Waals surface area contributed by atoms with E-state index >= 15 is 0 Å². The van der Waals surface area contributed by atoms with Crippen molar-refractivity contribution in [1.82, 2.24) is 9.80 Å². The Morgan fingerprint density at radius 3 is 2.64 bits per heavy atom. The van der Waals surface area contributed by atoms with Crippen molar-refractivity contribution in [2.45, 2.75) is 37.6 Å². The Labute approximate surface area is 147 Å². The quantitative estimate of drug-likeness (QED) is 0.887. The van der Waals surface area contributed by atoms with Crippen LogP contribution in [-0.4, -0.2) is 59.5 Å². The van der Waals surface area contributed by atoms with Crippen LogP contribution in [0.3, 0.4) is 0 Å². The summed E-state index contributed by atoms with van der Waals surface area (Å²) in [7, 11) is 1.84. The maximum absolute atomic E-state index is 13.0. The molecule has 0 aromatic heterocycles. The third-order valence-electron chi connectivity index (χ3n) is 5.42. The van der Waals surface area contributed by atoms with Gasteiger partial charge >= 0.3 is 5.97 Å². The van der Waals surface area contributed by atoms with E-state index in [2.05, 4.69) is 0 Å². The van der Waals surface area contributed by atoms with Gasteiger partial charge in [-0.3, -0.25) is 14.5 Å². The van der Waals surface area contributed by atoms with E-state index in [0.717, 1.165) is 37.8 Å². The number of nitrogens with zero attached hydrogens (tertiary/aromatic N) is 2. The van der Waals surface area contributed by atoms with Crippen LogP contribution in [-0.2, 0) is 9.59 Å². The van der Waals surface area contributed by atoms with Crippen molar-refractivity contribution in [3.8, 4) is 0 Å². The van der Waals surface area contributed by atoms with E-state index in [9.17, 15) is 14.0 Å². The van der Waals surface area contributed by atoms with Crippen molar-refractivity contribution >= 4 is 11.9 Å². The van der Waals surface area contributed by atoms with Gasteiger partial charge in [-0.15, -0.1) is 0 Å². The Kier molecular flexibility index (Phi) is 5.37. The SMILES string of the molecule is CN(CC(=O)O)C1CCCN(C(=O)C2CC2c2ccc(F)cc2)CC1. The summed E-state index contributed by atoms with van der Waals surface area (Å²) in [4.78, 5) is 27.4.